The summed E-state index contributed by atoms with van der Waals surface area (Å²) >= 11 is 0. The Bertz CT molecular complexity index is 1180. The molecule has 0 radical (unpaired) electrons. The van der Waals surface area contributed by atoms with Crippen molar-refractivity contribution in [1.82, 2.24) is 25.3 Å². The van der Waals surface area contributed by atoms with Gasteiger partial charge in [0.2, 0.25) is 0 Å². The monoisotopic (exact) mass is 490 g/mol. The number of nitriles is 1. The number of anilines is 2. The zero-order valence-corrected chi connectivity index (χ0v) is 20.1. The largest absolute Gasteiger partial charge is 0.488 e. The molecule has 2 aromatic heterocycles. The maximum Gasteiger partial charge on any atom is 0.319 e. The summed E-state index contributed by atoms with van der Waals surface area (Å²) in [6.45, 7) is 2.48. The lowest BCUT2D eigenvalue weighted by atomic mass is 9.50. The molecule has 0 aromatic carbocycles. The maximum absolute atomic E-state index is 13.1. The Morgan fingerprint density at radius 3 is 2.69 bits per heavy atom. The molecule has 1 unspecified atom stereocenters. The molecule has 4 saturated carbocycles. The Labute approximate surface area is 209 Å². The number of aromatic nitrogens is 4. The Morgan fingerprint density at radius 2 is 2.03 bits per heavy atom. The molecule has 2 bridgehead atoms. The van der Waals surface area contributed by atoms with E-state index in [2.05, 4.69) is 36.2 Å². The van der Waals surface area contributed by atoms with Gasteiger partial charge < -0.3 is 25.4 Å². The molecule has 4 aliphatic carbocycles. The van der Waals surface area contributed by atoms with Crippen LogP contribution in [0.5, 0.6) is 11.8 Å². The van der Waals surface area contributed by atoms with Gasteiger partial charge in [0.1, 0.15) is 17.8 Å². The van der Waals surface area contributed by atoms with E-state index >= 15 is 0 Å². The van der Waals surface area contributed by atoms with E-state index < -0.39 is 0 Å². The van der Waals surface area contributed by atoms with Gasteiger partial charge in [-0.25, -0.2) is 9.97 Å². The molecular weight excluding hydrogens is 460 g/mol. The van der Waals surface area contributed by atoms with Crippen molar-refractivity contribution < 1.29 is 14.3 Å². The quantitative estimate of drug-likeness (QED) is 0.533. The van der Waals surface area contributed by atoms with Crippen molar-refractivity contribution in [2.45, 2.75) is 44.1 Å². The van der Waals surface area contributed by atoms with Crippen LogP contribution in [0, 0.1) is 35.0 Å². The number of carbonyl (C=O) groups is 1. The number of nitrogens with two attached hydrogens (primary N) is 1. The number of amides is 1. The van der Waals surface area contributed by atoms with Crippen LogP contribution < -0.4 is 25.4 Å². The average molecular weight is 491 g/mol. The molecule has 2 atom stereocenters. The van der Waals surface area contributed by atoms with Crippen molar-refractivity contribution >= 4 is 17.5 Å². The Hall–Kier alpha value is -3.68. The number of hydrogen-bond donors (Lipinski definition) is 2. The highest BCUT2D eigenvalue weighted by Crippen LogP contribution is 2.57. The van der Waals surface area contributed by atoms with Crippen molar-refractivity contribution in [2.24, 2.45) is 23.7 Å². The average Bonchev–Trinajstić information content (AvgIpc) is 3.62. The van der Waals surface area contributed by atoms with Crippen LogP contribution in [0.2, 0.25) is 0 Å². The number of nitrogens with zero attached hydrogens (tertiary/aromatic N) is 6. The second-order valence-corrected chi connectivity index (χ2v) is 10.7. The zero-order valence-electron chi connectivity index (χ0n) is 20.1. The second kappa shape index (κ2) is 9.08. The summed E-state index contributed by atoms with van der Waals surface area (Å²) in [7, 11) is 0. The molecule has 1 saturated heterocycles. The van der Waals surface area contributed by atoms with Crippen LogP contribution in [0.1, 0.15) is 49.0 Å². The van der Waals surface area contributed by atoms with Gasteiger partial charge in [-0.3, -0.25) is 4.79 Å². The van der Waals surface area contributed by atoms with Crippen molar-refractivity contribution in [3.05, 3.63) is 24.3 Å². The summed E-state index contributed by atoms with van der Waals surface area (Å²) in [5, 5.41) is 12.3. The Morgan fingerprint density at radius 1 is 1.22 bits per heavy atom. The highest BCUT2D eigenvalue weighted by molar-refractivity contribution is 5.94. The first-order valence-corrected chi connectivity index (χ1v) is 12.7. The van der Waals surface area contributed by atoms with Crippen LogP contribution in [0.4, 0.5) is 11.6 Å². The summed E-state index contributed by atoms with van der Waals surface area (Å²) in [4.78, 5) is 32.2. The van der Waals surface area contributed by atoms with Gasteiger partial charge in [0, 0.05) is 30.6 Å². The summed E-state index contributed by atoms with van der Waals surface area (Å²) < 4.78 is 11.7. The van der Waals surface area contributed by atoms with Gasteiger partial charge in [-0.2, -0.15) is 15.2 Å². The lowest BCUT2D eigenvalue weighted by Gasteiger charge is -2.61. The van der Waals surface area contributed by atoms with Gasteiger partial charge in [-0.1, -0.05) is 0 Å². The van der Waals surface area contributed by atoms with Crippen molar-refractivity contribution in [3.8, 4) is 17.8 Å². The molecule has 36 heavy (non-hydrogen) atoms. The molecular formula is C25H30N8O3. The standard InChI is InChI=1S/C25H30N8O3/c26-10-17-5-18(17)13-36-24-30-19(23(34)32-25-7-16(8-25)9-25)6-21(31-24)33-3-1-15(2-4-33)12-35-20-11-28-14-29-22(20)27/h6,11,14-18H,1-5,7-9,12-13H2,(H,32,34)(H2,27,28,29)/t16?,17?,18-,25?/m1/s1. The first-order chi connectivity index (χ1) is 17.5. The van der Waals surface area contributed by atoms with Gasteiger partial charge in [-0.05, 0) is 50.4 Å². The summed E-state index contributed by atoms with van der Waals surface area (Å²) in [5.74, 6) is 2.75. The molecule has 7 rings (SSSR count). The number of rotatable bonds is 9. The molecule has 5 fully saturated rings. The first-order valence-electron chi connectivity index (χ1n) is 12.7. The minimum Gasteiger partial charge on any atom is -0.488 e. The van der Waals surface area contributed by atoms with Crippen LogP contribution in [-0.2, 0) is 0 Å². The van der Waals surface area contributed by atoms with Crippen LogP contribution in [-0.4, -0.2) is 57.7 Å². The third-order valence-corrected chi connectivity index (χ3v) is 7.98. The predicted octanol–water partition coefficient (Wildman–Crippen LogP) is 1.96. The van der Waals surface area contributed by atoms with Crippen LogP contribution in [0.25, 0.3) is 0 Å². The van der Waals surface area contributed by atoms with Gasteiger partial charge >= 0.3 is 6.01 Å². The van der Waals surface area contributed by atoms with E-state index in [1.165, 1.54) is 6.33 Å². The molecule has 3 N–H and O–H groups in total. The Kier molecular flexibility index (Phi) is 5.74. The van der Waals surface area contributed by atoms with Crippen molar-refractivity contribution in [1.29, 1.82) is 5.26 Å². The third kappa shape index (κ3) is 4.59. The minimum atomic E-state index is -0.172. The number of nitrogens with one attached hydrogen (secondary N) is 1. The van der Waals surface area contributed by atoms with E-state index in [9.17, 15) is 4.79 Å². The summed E-state index contributed by atoms with van der Waals surface area (Å²) in [6.07, 6.45) is 8.83. The molecule has 0 spiro atoms. The smallest absolute Gasteiger partial charge is 0.319 e. The molecule has 1 amide bonds. The SMILES string of the molecule is N#CC1C[C@@H]1COc1nc(C(=O)NC23CC(C2)C3)cc(N2CCC(COc3cncnc3N)CC2)n1. The maximum atomic E-state index is 13.1. The predicted molar refractivity (Wildman–Crippen MR) is 129 cm³/mol. The molecule has 5 aliphatic rings. The third-order valence-electron chi connectivity index (χ3n) is 7.98. The van der Waals surface area contributed by atoms with Gasteiger partial charge in [0.25, 0.3) is 5.91 Å². The highest BCUT2D eigenvalue weighted by atomic mass is 16.5. The van der Waals surface area contributed by atoms with Crippen LogP contribution >= 0.6 is 0 Å². The van der Waals surface area contributed by atoms with E-state index in [1.807, 2.05) is 0 Å². The molecule has 11 nitrogen and oxygen atoms in total. The fraction of sp³-hybridized carbons (Fsp3) is 0.600. The molecule has 188 valence electrons. The minimum absolute atomic E-state index is 0.0343. The molecule has 11 heteroatoms. The fourth-order valence-electron chi connectivity index (χ4n) is 5.44. The molecule has 2 aromatic rings. The topological polar surface area (TPSA) is 152 Å². The van der Waals surface area contributed by atoms with Crippen LogP contribution in [0.15, 0.2) is 18.6 Å². The van der Waals surface area contributed by atoms with E-state index in [-0.39, 0.29) is 29.3 Å². The fourth-order valence-corrected chi connectivity index (χ4v) is 5.44. The van der Waals surface area contributed by atoms with E-state index in [0.29, 0.717) is 42.2 Å². The zero-order chi connectivity index (χ0) is 24.7. The van der Waals surface area contributed by atoms with Crippen molar-refractivity contribution in [2.75, 3.05) is 36.9 Å². The van der Waals surface area contributed by atoms with E-state index in [0.717, 1.165) is 57.5 Å². The number of hydrogen-bond acceptors (Lipinski definition) is 10. The van der Waals surface area contributed by atoms with Gasteiger partial charge in [0.15, 0.2) is 11.6 Å². The molecule has 3 heterocycles. The number of ether oxygens (including phenoxy) is 2. The van der Waals surface area contributed by atoms with Crippen LogP contribution in [0.3, 0.4) is 0 Å². The number of carbonyl (C=O) groups excluding carboxylic acids is 1. The first kappa shape index (κ1) is 22.8. The highest BCUT2D eigenvalue weighted by Gasteiger charge is 2.57. The lowest BCUT2D eigenvalue weighted by Crippen LogP contribution is -2.68. The Balaban J connectivity index is 1.11. The summed E-state index contributed by atoms with van der Waals surface area (Å²) in [5.41, 5.74) is 6.14. The van der Waals surface area contributed by atoms with Gasteiger partial charge in [-0.15, -0.1) is 0 Å². The number of piperidine rings is 1. The van der Waals surface area contributed by atoms with E-state index in [1.54, 1.807) is 12.3 Å². The van der Waals surface area contributed by atoms with E-state index in [4.69, 9.17) is 20.5 Å². The summed E-state index contributed by atoms with van der Waals surface area (Å²) in [6, 6.07) is 4.24. The van der Waals surface area contributed by atoms with Gasteiger partial charge in [0.05, 0.1) is 31.4 Å². The molecule has 1 aliphatic heterocycles. The van der Waals surface area contributed by atoms with Crippen molar-refractivity contribution in [3.63, 3.8) is 0 Å². The lowest BCUT2D eigenvalue weighted by molar-refractivity contribution is -0.0439. The number of nitrogen functional groups attached to an aromatic ring is 1. The normalized spacial score (nSPS) is 28.3. The second-order valence-electron chi connectivity index (χ2n) is 10.7.